The Kier molecular flexibility index (Phi) is 8.23. The second-order valence-corrected chi connectivity index (χ2v) is 12.2. The van der Waals surface area contributed by atoms with Gasteiger partial charge in [0, 0.05) is 25.4 Å². The van der Waals surface area contributed by atoms with Crippen LogP contribution in [0.2, 0.25) is 0 Å². The summed E-state index contributed by atoms with van der Waals surface area (Å²) < 4.78 is 7.76. The Bertz CT molecular complexity index is 1000. The van der Waals surface area contributed by atoms with E-state index in [2.05, 4.69) is 4.98 Å². The van der Waals surface area contributed by atoms with Crippen LogP contribution in [0.1, 0.15) is 85.9 Å². The monoisotopic (exact) mass is 504 g/mol. The molecule has 2 fully saturated rings. The smallest absolute Gasteiger partial charge is 0.309 e. The zero-order valence-electron chi connectivity index (χ0n) is 22.8. The number of imidazole rings is 1. The minimum atomic E-state index is -1.23. The van der Waals surface area contributed by atoms with Crippen LogP contribution in [-0.2, 0) is 21.4 Å². The Labute approximate surface area is 214 Å². The Hall–Kier alpha value is -2.03. The first-order valence-corrected chi connectivity index (χ1v) is 13.1. The number of ether oxygens (including phenoxy) is 1. The number of carbonyl (C=O) groups excluding carboxylic acids is 2. The van der Waals surface area contributed by atoms with Crippen LogP contribution in [0.25, 0.3) is 6.08 Å². The Morgan fingerprint density at radius 3 is 2.47 bits per heavy atom. The molecular weight excluding hydrogens is 460 g/mol. The van der Waals surface area contributed by atoms with Crippen LogP contribution in [0, 0.1) is 22.7 Å². The fraction of sp³-hybridized carbons (Fsp3) is 0.750. The van der Waals surface area contributed by atoms with Gasteiger partial charge in [0.05, 0.1) is 29.6 Å². The summed E-state index contributed by atoms with van der Waals surface area (Å²) in [6.45, 7) is 11.0. The fourth-order valence-corrected chi connectivity index (χ4v) is 6.22. The molecule has 1 saturated heterocycles. The lowest BCUT2D eigenvalue weighted by Gasteiger charge is -2.51. The summed E-state index contributed by atoms with van der Waals surface area (Å²) in [7, 11) is 1.88. The van der Waals surface area contributed by atoms with E-state index in [9.17, 15) is 24.9 Å². The van der Waals surface area contributed by atoms with Crippen molar-refractivity contribution in [2.75, 3.05) is 0 Å². The van der Waals surface area contributed by atoms with Crippen molar-refractivity contribution in [1.29, 1.82) is 0 Å². The van der Waals surface area contributed by atoms with Crippen molar-refractivity contribution in [3.05, 3.63) is 23.8 Å². The number of hydrogen-bond donors (Lipinski definition) is 3. The van der Waals surface area contributed by atoms with Gasteiger partial charge >= 0.3 is 5.97 Å². The number of aliphatic hydroxyl groups excluding tert-OH is 2. The van der Waals surface area contributed by atoms with Gasteiger partial charge in [0.15, 0.2) is 0 Å². The first-order valence-electron chi connectivity index (χ1n) is 13.1. The van der Waals surface area contributed by atoms with Crippen LogP contribution in [0.5, 0.6) is 0 Å². The highest BCUT2D eigenvalue weighted by atomic mass is 16.5. The number of Topliss-reactive ketones (excluding diaryl/α,β-unsaturated/α-hetero) is 1. The summed E-state index contributed by atoms with van der Waals surface area (Å²) in [5.41, 5.74) is -2.04. The molecule has 36 heavy (non-hydrogen) atoms. The molecule has 0 aromatic carbocycles. The molecule has 1 aliphatic heterocycles. The molecule has 1 saturated carbocycles. The third-order valence-electron chi connectivity index (χ3n) is 9.09. The van der Waals surface area contributed by atoms with Gasteiger partial charge in [-0.2, -0.15) is 0 Å². The molecule has 8 nitrogen and oxygen atoms in total. The van der Waals surface area contributed by atoms with E-state index in [-0.39, 0.29) is 24.5 Å². The highest BCUT2D eigenvalue weighted by molar-refractivity contribution is 5.89. The number of aryl methyl sites for hydroxylation is 1. The van der Waals surface area contributed by atoms with Crippen molar-refractivity contribution in [2.45, 2.75) is 104 Å². The number of ketones is 1. The number of aliphatic hydroxyl groups is 3. The van der Waals surface area contributed by atoms with E-state index in [4.69, 9.17) is 4.74 Å². The van der Waals surface area contributed by atoms with E-state index in [1.807, 2.05) is 44.7 Å². The molecule has 0 radical (unpaired) electrons. The molecule has 202 valence electrons. The van der Waals surface area contributed by atoms with Crippen molar-refractivity contribution >= 4 is 17.8 Å². The number of cyclic esters (lactones) is 1. The lowest BCUT2D eigenvalue weighted by molar-refractivity contribution is -0.170. The highest BCUT2D eigenvalue weighted by Gasteiger charge is 2.56. The van der Waals surface area contributed by atoms with Crippen LogP contribution >= 0.6 is 0 Å². The molecule has 1 aromatic heterocycles. The summed E-state index contributed by atoms with van der Waals surface area (Å²) in [4.78, 5) is 30.7. The van der Waals surface area contributed by atoms with Crippen molar-refractivity contribution in [3.63, 3.8) is 0 Å². The molecule has 8 atom stereocenters. The maximum absolute atomic E-state index is 13.3. The fourth-order valence-electron chi connectivity index (χ4n) is 6.22. The van der Waals surface area contributed by atoms with E-state index in [1.54, 1.807) is 27.0 Å². The first kappa shape index (κ1) is 28.5. The van der Waals surface area contributed by atoms with E-state index in [0.29, 0.717) is 25.7 Å². The number of esters is 1. The molecule has 3 N–H and O–H groups in total. The predicted molar refractivity (Wildman–Crippen MR) is 137 cm³/mol. The Balaban J connectivity index is 1.97. The highest BCUT2D eigenvalue weighted by Crippen LogP contribution is 2.51. The summed E-state index contributed by atoms with van der Waals surface area (Å²) in [5.74, 6) is -0.971. The van der Waals surface area contributed by atoms with Crippen molar-refractivity contribution in [3.8, 4) is 0 Å². The zero-order chi connectivity index (χ0) is 27.1. The molecule has 2 heterocycles. The van der Waals surface area contributed by atoms with Gasteiger partial charge in [0.2, 0.25) is 0 Å². The summed E-state index contributed by atoms with van der Waals surface area (Å²) in [6.07, 6.45) is 4.78. The largest absolute Gasteiger partial charge is 0.458 e. The average Bonchev–Trinajstić information content (AvgIpc) is 3.19. The molecule has 0 spiro atoms. The number of hydrogen-bond acceptors (Lipinski definition) is 7. The molecule has 0 amide bonds. The van der Waals surface area contributed by atoms with E-state index >= 15 is 0 Å². The van der Waals surface area contributed by atoms with Crippen LogP contribution in [0.3, 0.4) is 0 Å². The third-order valence-corrected chi connectivity index (χ3v) is 9.09. The molecule has 1 unspecified atom stereocenters. The third kappa shape index (κ3) is 5.60. The molecule has 1 aromatic rings. The van der Waals surface area contributed by atoms with Crippen LogP contribution in [0.4, 0.5) is 0 Å². The van der Waals surface area contributed by atoms with Crippen LogP contribution in [0.15, 0.2) is 18.0 Å². The Morgan fingerprint density at radius 1 is 1.19 bits per heavy atom. The van der Waals surface area contributed by atoms with Crippen LogP contribution < -0.4 is 0 Å². The number of rotatable bonds is 2. The average molecular weight is 505 g/mol. The summed E-state index contributed by atoms with van der Waals surface area (Å²) >= 11 is 0. The van der Waals surface area contributed by atoms with Gasteiger partial charge < -0.3 is 24.6 Å². The molecule has 8 heteroatoms. The van der Waals surface area contributed by atoms with Gasteiger partial charge in [-0.15, -0.1) is 0 Å². The summed E-state index contributed by atoms with van der Waals surface area (Å²) in [6, 6.07) is 0. The molecule has 2 aliphatic rings. The maximum atomic E-state index is 13.3. The SMILES string of the molecule is C/C(=C\c1nccn1C)[C@@H]1C[C@H](C)[C@](C)(O)CCCC2(C)C[C@](C)(C(=O)[C@H](C)[C@H]2O)[C@@H](O)CC(=O)O1. The van der Waals surface area contributed by atoms with Crippen LogP contribution in [-0.4, -0.2) is 60.5 Å². The Morgan fingerprint density at radius 2 is 1.86 bits per heavy atom. The van der Waals surface area contributed by atoms with Gasteiger partial charge in [-0.3, -0.25) is 9.59 Å². The van der Waals surface area contributed by atoms with Gasteiger partial charge in [0.1, 0.15) is 17.7 Å². The number of aromatic nitrogens is 2. The molecule has 1 aliphatic carbocycles. The number of fused-ring (bicyclic) bond motifs is 2. The van der Waals surface area contributed by atoms with Gasteiger partial charge in [0.25, 0.3) is 0 Å². The standard InChI is InChI=1S/C28H44N2O6/c1-17(13-22-29-11-12-30(22)7)20-14-18(2)28(6,35)10-8-9-26(4)16-27(5,21(31)15-23(32)36-20)25(34)19(3)24(26)33/h11-13,18-21,24,31,33,35H,8-10,14-16H2,1-7H3/b17-13+/t18-,19+,20-,21-,24+,26?,27-,28+/m0/s1. The van der Waals surface area contributed by atoms with E-state index in [0.717, 1.165) is 11.4 Å². The normalized spacial score (nSPS) is 41.5. The second-order valence-electron chi connectivity index (χ2n) is 12.2. The van der Waals surface area contributed by atoms with Gasteiger partial charge in [-0.05, 0) is 68.9 Å². The van der Waals surface area contributed by atoms with E-state index in [1.165, 1.54) is 0 Å². The number of nitrogens with zero attached hydrogens (tertiary/aromatic N) is 2. The second kappa shape index (κ2) is 10.4. The minimum Gasteiger partial charge on any atom is -0.458 e. The lowest BCUT2D eigenvalue weighted by atomic mass is 9.54. The zero-order valence-corrected chi connectivity index (χ0v) is 22.8. The summed E-state index contributed by atoms with van der Waals surface area (Å²) in [5, 5.41) is 33.5. The van der Waals surface area contributed by atoms with E-state index < -0.39 is 46.6 Å². The first-order chi connectivity index (χ1) is 16.6. The minimum absolute atomic E-state index is 0.192. The van der Waals surface area contributed by atoms with Crippen molar-refractivity contribution < 1.29 is 29.6 Å². The van der Waals surface area contributed by atoms with Gasteiger partial charge in [-0.25, -0.2) is 4.98 Å². The quantitative estimate of drug-likeness (QED) is 0.528. The lowest BCUT2D eigenvalue weighted by Crippen LogP contribution is -2.58. The number of carbonyl (C=O) groups is 2. The van der Waals surface area contributed by atoms with Gasteiger partial charge in [-0.1, -0.05) is 27.7 Å². The van der Waals surface area contributed by atoms with Crippen molar-refractivity contribution in [2.24, 2.45) is 29.7 Å². The maximum Gasteiger partial charge on any atom is 0.309 e. The van der Waals surface area contributed by atoms with Crippen molar-refractivity contribution in [1.82, 2.24) is 9.55 Å². The predicted octanol–water partition coefficient (Wildman–Crippen LogP) is 3.43. The molecule has 3 rings (SSSR count). The topological polar surface area (TPSA) is 122 Å². The molecular formula is C28H44N2O6. The molecule has 2 bridgehead atoms.